The highest BCUT2D eigenvalue weighted by Crippen LogP contribution is 2.48. The normalized spacial score (nSPS) is 30.2. The van der Waals surface area contributed by atoms with Gasteiger partial charge in [-0.2, -0.15) is 0 Å². The number of unbranched alkanes of at least 4 members (excludes halogenated alkanes) is 2. The van der Waals surface area contributed by atoms with Crippen molar-refractivity contribution >= 4 is 5.97 Å². The number of carbonyl (C=O) groups is 1. The van der Waals surface area contributed by atoms with Gasteiger partial charge in [0.05, 0.1) is 11.7 Å². The minimum absolute atomic E-state index is 0.166. The first kappa shape index (κ1) is 23.2. The molecule has 28 heavy (non-hydrogen) atoms. The monoisotopic (exact) mass is 392 g/mol. The first-order chi connectivity index (χ1) is 13.2. The van der Waals surface area contributed by atoms with Gasteiger partial charge >= 0.3 is 5.97 Å². The maximum absolute atomic E-state index is 10.8. The number of hydrogen-bond donors (Lipinski definition) is 3. The van der Waals surface area contributed by atoms with E-state index in [1.54, 1.807) is 0 Å². The molecule has 2 aliphatic carbocycles. The first-order valence-electron chi connectivity index (χ1n) is 11.2. The minimum atomic E-state index is -0.717. The van der Waals surface area contributed by atoms with Gasteiger partial charge in [0.1, 0.15) is 0 Å². The first-order valence-corrected chi connectivity index (χ1v) is 11.2. The van der Waals surface area contributed by atoms with Gasteiger partial charge in [0.15, 0.2) is 0 Å². The van der Waals surface area contributed by atoms with Crippen molar-refractivity contribution in [3.8, 4) is 0 Å². The van der Waals surface area contributed by atoms with Crippen molar-refractivity contribution in [1.82, 2.24) is 0 Å². The van der Waals surface area contributed by atoms with Gasteiger partial charge in [0, 0.05) is 12.3 Å². The Morgan fingerprint density at radius 2 is 2.11 bits per heavy atom. The molecule has 0 radical (unpaired) electrons. The second-order valence-electron chi connectivity index (χ2n) is 9.37. The van der Waals surface area contributed by atoms with Crippen molar-refractivity contribution in [2.24, 2.45) is 23.7 Å². The number of rotatable bonds is 12. The third-order valence-electron chi connectivity index (χ3n) is 7.03. The molecule has 0 aromatic heterocycles. The highest BCUT2D eigenvalue weighted by atomic mass is 16.4. The van der Waals surface area contributed by atoms with Gasteiger partial charge in [0.2, 0.25) is 0 Å². The molecule has 0 saturated heterocycles. The Morgan fingerprint density at radius 1 is 1.36 bits per heavy atom. The van der Waals surface area contributed by atoms with Crippen molar-refractivity contribution in [2.75, 3.05) is 0 Å². The summed E-state index contributed by atoms with van der Waals surface area (Å²) in [4.78, 5) is 10.6. The average molecular weight is 393 g/mol. The van der Waals surface area contributed by atoms with E-state index in [1.165, 1.54) is 5.57 Å². The second-order valence-corrected chi connectivity index (χ2v) is 9.37. The van der Waals surface area contributed by atoms with Gasteiger partial charge in [0.25, 0.3) is 0 Å². The lowest BCUT2D eigenvalue weighted by atomic mass is 9.83. The molecule has 4 heteroatoms. The molecular weight excluding hydrogens is 352 g/mol. The van der Waals surface area contributed by atoms with Crippen molar-refractivity contribution in [3.63, 3.8) is 0 Å². The standard InChI is InChI=1S/C24H40O4/c1-4-5-9-17(2)24(3,28)13-8-11-20-21-15-18(10-6-7-12-23(26)27)14-19(21)16-22(20)25/h8,11,14,17,19-22,25,28H,4-7,9-10,12-13,15-16H2,1-3H3,(H,26,27)/t17?,19-,20-,21-,22+,24?/m0/s1. The van der Waals surface area contributed by atoms with Gasteiger partial charge in [-0.1, -0.05) is 50.5 Å². The molecule has 0 amide bonds. The summed E-state index contributed by atoms with van der Waals surface area (Å²) in [6, 6.07) is 0. The van der Waals surface area contributed by atoms with Gasteiger partial charge in [-0.05, 0) is 69.6 Å². The van der Waals surface area contributed by atoms with Crippen LogP contribution in [-0.2, 0) is 4.79 Å². The number of aliphatic hydroxyl groups excluding tert-OH is 1. The molecule has 4 nitrogen and oxygen atoms in total. The van der Waals surface area contributed by atoms with E-state index in [4.69, 9.17) is 5.11 Å². The van der Waals surface area contributed by atoms with Crippen molar-refractivity contribution in [2.45, 2.75) is 96.7 Å². The Balaban J connectivity index is 1.83. The molecule has 0 aromatic rings. The number of carboxylic acid groups (broad SMARTS) is 1. The van der Waals surface area contributed by atoms with Crippen LogP contribution in [0.3, 0.4) is 0 Å². The summed E-state index contributed by atoms with van der Waals surface area (Å²) < 4.78 is 0. The molecule has 160 valence electrons. The second kappa shape index (κ2) is 10.6. The predicted molar refractivity (Wildman–Crippen MR) is 113 cm³/mol. The summed E-state index contributed by atoms with van der Waals surface area (Å²) in [5.41, 5.74) is 0.739. The van der Waals surface area contributed by atoms with Crippen LogP contribution in [0.1, 0.15) is 85.0 Å². The van der Waals surface area contributed by atoms with Crippen LogP contribution >= 0.6 is 0 Å². The molecule has 6 atom stereocenters. The fourth-order valence-corrected chi connectivity index (χ4v) is 4.91. The summed E-state index contributed by atoms with van der Waals surface area (Å²) in [6.45, 7) is 6.23. The lowest BCUT2D eigenvalue weighted by Crippen LogP contribution is -2.32. The molecule has 0 bridgehead atoms. The number of aliphatic hydroxyl groups is 2. The molecule has 0 spiro atoms. The number of aliphatic carboxylic acids is 1. The molecule has 2 rings (SSSR count). The molecule has 0 aliphatic heterocycles. The summed E-state index contributed by atoms with van der Waals surface area (Å²) in [5, 5.41) is 30.0. The highest BCUT2D eigenvalue weighted by Gasteiger charge is 2.43. The average Bonchev–Trinajstić information content (AvgIpc) is 3.14. The third-order valence-corrected chi connectivity index (χ3v) is 7.03. The van der Waals surface area contributed by atoms with Crippen LogP contribution in [0.5, 0.6) is 0 Å². The summed E-state index contributed by atoms with van der Waals surface area (Å²) in [6.07, 6.45) is 15.0. The van der Waals surface area contributed by atoms with E-state index in [1.807, 2.05) is 6.92 Å². The van der Waals surface area contributed by atoms with Crippen LogP contribution < -0.4 is 0 Å². The maximum Gasteiger partial charge on any atom is 0.303 e. The SMILES string of the molecule is CCCCC(C)C(C)(O)CC=C[C@H]1[C@H]2CC(CCCCC(=O)O)=C[C@H]2C[C@H]1O. The Labute approximate surface area is 170 Å². The van der Waals surface area contributed by atoms with Crippen molar-refractivity contribution < 1.29 is 20.1 Å². The fourth-order valence-electron chi connectivity index (χ4n) is 4.91. The number of hydrogen-bond acceptors (Lipinski definition) is 3. The highest BCUT2D eigenvalue weighted by molar-refractivity contribution is 5.66. The Hall–Kier alpha value is -1.13. The van der Waals surface area contributed by atoms with Crippen LogP contribution in [0.4, 0.5) is 0 Å². The van der Waals surface area contributed by atoms with E-state index in [0.29, 0.717) is 18.3 Å². The number of allylic oxidation sites excluding steroid dienone is 2. The van der Waals surface area contributed by atoms with Crippen LogP contribution in [0.25, 0.3) is 0 Å². The largest absolute Gasteiger partial charge is 0.481 e. The van der Waals surface area contributed by atoms with Crippen LogP contribution in [0, 0.1) is 23.7 Å². The zero-order valence-corrected chi connectivity index (χ0v) is 17.9. The van der Waals surface area contributed by atoms with Crippen molar-refractivity contribution in [1.29, 1.82) is 0 Å². The zero-order chi connectivity index (χ0) is 20.7. The fraction of sp³-hybridized carbons (Fsp3) is 0.792. The predicted octanol–water partition coefficient (Wildman–Crippen LogP) is 5.10. The molecule has 0 heterocycles. The molecule has 3 N–H and O–H groups in total. The molecule has 1 saturated carbocycles. The van der Waals surface area contributed by atoms with E-state index in [0.717, 1.165) is 51.4 Å². The van der Waals surface area contributed by atoms with E-state index in [-0.39, 0.29) is 24.4 Å². The lowest BCUT2D eigenvalue weighted by molar-refractivity contribution is -0.137. The summed E-state index contributed by atoms with van der Waals surface area (Å²) in [7, 11) is 0. The van der Waals surface area contributed by atoms with Gasteiger partial charge in [-0.3, -0.25) is 4.79 Å². The Bertz CT molecular complexity index is 563. The van der Waals surface area contributed by atoms with Crippen molar-refractivity contribution in [3.05, 3.63) is 23.8 Å². The minimum Gasteiger partial charge on any atom is -0.481 e. The Morgan fingerprint density at radius 3 is 2.79 bits per heavy atom. The van der Waals surface area contributed by atoms with Crippen LogP contribution in [0.15, 0.2) is 23.8 Å². The van der Waals surface area contributed by atoms with E-state index >= 15 is 0 Å². The molecular formula is C24H40O4. The van der Waals surface area contributed by atoms with Gasteiger partial charge < -0.3 is 15.3 Å². The van der Waals surface area contributed by atoms with E-state index < -0.39 is 11.6 Å². The maximum atomic E-state index is 10.8. The number of carboxylic acids is 1. The summed E-state index contributed by atoms with van der Waals surface area (Å²) >= 11 is 0. The molecule has 2 unspecified atom stereocenters. The smallest absolute Gasteiger partial charge is 0.303 e. The van der Waals surface area contributed by atoms with Crippen LogP contribution in [0.2, 0.25) is 0 Å². The van der Waals surface area contributed by atoms with Crippen LogP contribution in [-0.4, -0.2) is 33.0 Å². The molecule has 0 aromatic carbocycles. The quantitative estimate of drug-likeness (QED) is 0.319. The van der Waals surface area contributed by atoms with Gasteiger partial charge in [-0.15, -0.1) is 0 Å². The van der Waals surface area contributed by atoms with E-state index in [9.17, 15) is 15.0 Å². The summed E-state index contributed by atoms with van der Waals surface area (Å²) in [5.74, 6) is 0.625. The lowest BCUT2D eigenvalue weighted by Gasteiger charge is -2.29. The van der Waals surface area contributed by atoms with E-state index in [2.05, 4.69) is 32.1 Å². The zero-order valence-electron chi connectivity index (χ0n) is 17.9. The van der Waals surface area contributed by atoms with Gasteiger partial charge in [-0.25, -0.2) is 0 Å². The topological polar surface area (TPSA) is 77.8 Å². The Kier molecular flexibility index (Phi) is 8.76. The number of fused-ring (bicyclic) bond motifs is 1. The molecule has 2 aliphatic rings. The molecule has 1 fully saturated rings. The third kappa shape index (κ3) is 6.45.